The number of likely N-dealkylation sites (tertiary alicyclic amines) is 1. The van der Waals surface area contributed by atoms with Gasteiger partial charge in [0.2, 0.25) is 0 Å². The number of hydrogen-bond acceptors (Lipinski definition) is 4. The molecule has 23 heavy (non-hydrogen) atoms. The Morgan fingerprint density at radius 1 is 1.22 bits per heavy atom. The maximum absolute atomic E-state index is 12.1. The second-order valence-electron chi connectivity index (χ2n) is 7.02. The lowest BCUT2D eigenvalue weighted by atomic mass is 9.87. The zero-order chi connectivity index (χ0) is 17.0. The van der Waals surface area contributed by atoms with Crippen LogP contribution in [-0.4, -0.2) is 41.9 Å². The summed E-state index contributed by atoms with van der Waals surface area (Å²) in [5, 5.41) is 10.5. The summed E-state index contributed by atoms with van der Waals surface area (Å²) in [6, 6.07) is 7.50. The standard InChI is InChI=1S/C18H27NO4/c1-18(2,3)23-17(21)19-11-9-14(10-12-19)16(20)13-5-7-15(22-4)8-6-13/h5-8,14,16,20H,9-12H2,1-4H3/t16-/m1/s1. The second kappa shape index (κ2) is 7.21. The summed E-state index contributed by atoms with van der Waals surface area (Å²) in [5.74, 6) is 0.933. The molecule has 0 unspecified atom stereocenters. The molecule has 128 valence electrons. The van der Waals surface area contributed by atoms with Crippen molar-refractivity contribution in [2.75, 3.05) is 20.2 Å². The van der Waals surface area contributed by atoms with Crippen LogP contribution in [0.25, 0.3) is 0 Å². The normalized spacial score (nSPS) is 17.7. The first-order valence-corrected chi connectivity index (χ1v) is 8.10. The Hall–Kier alpha value is -1.75. The van der Waals surface area contributed by atoms with Crippen molar-refractivity contribution < 1.29 is 19.4 Å². The van der Waals surface area contributed by atoms with Crippen molar-refractivity contribution in [3.8, 4) is 5.75 Å². The molecule has 1 saturated heterocycles. The molecule has 5 heteroatoms. The van der Waals surface area contributed by atoms with Crippen LogP contribution >= 0.6 is 0 Å². The van der Waals surface area contributed by atoms with Crippen LogP contribution in [0.2, 0.25) is 0 Å². The van der Waals surface area contributed by atoms with Crippen LogP contribution in [0.1, 0.15) is 45.3 Å². The third-order valence-electron chi connectivity index (χ3n) is 4.10. The van der Waals surface area contributed by atoms with Crippen molar-refractivity contribution in [1.29, 1.82) is 0 Å². The van der Waals surface area contributed by atoms with E-state index in [4.69, 9.17) is 9.47 Å². The topological polar surface area (TPSA) is 59.0 Å². The minimum atomic E-state index is -0.512. The van der Waals surface area contributed by atoms with Crippen molar-refractivity contribution >= 4 is 6.09 Å². The third-order valence-corrected chi connectivity index (χ3v) is 4.10. The molecule has 1 heterocycles. The van der Waals surface area contributed by atoms with E-state index < -0.39 is 11.7 Å². The minimum Gasteiger partial charge on any atom is -0.497 e. The molecule has 1 atom stereocenters. The number of aliphatic hydroxyl groups is 1. The van der Waals surface area contributed by atoms with Gasteiger partial charge in [-0.05, 0) is 57.2 Å². The number of hydrogen-bond donors (Lipinski definition) is 1. The van der Waals surface area contributed by atoms with Crippen LogP contribution in [-0.2, 0) is 4.74 Å². The van der Waals surface area contributed by atoms with E-state index >= 15 is 0 Å². The van der Waals surface area contributed by atoms with E-state index in [2.05, 4.69) is 0 Å². The van der Waals surface area contributed by atoms with Gasteiger partial charge in [-0.3, -0.25) is 0 Å². The van der Waals surface area contributed by atoms with Gasteiger partial charge >= 0.3 is 6.09 Å². The van der Waals surface area contributed by atoms with Crippen LogP contribution in [0.4, 0.5) is 4.79 Å². The summed E-state index contributed by atoms with van der Waals surface area (Å²) >= 11 is 0. The Morgan fingerprint density at radius 3 is 2.26 bits per heavy atom. The number of rotatable bonds is 3. The molecular weight excluding hydrogens is 294 g/mol. The molecule has 0 aliphatic carbocycles. The molecular formula is C18H27NO4. The van der Waals surface area contributed by atoms with Crippen molar-refractivity contribution in [3.63, 3.8) is 0 Å². The predicted octanol–water partition coefficient (Wildman–Crippen LogP) is 3.38. The first-order valence-electron chi connectivity index (χ1n) is 8.10. The first kappa shape index (κ1) is 17.6. The minimum absolute atomic E-state index is 0.155. The quantitative estimate of drug-likeness (QED) is 0.927. The molecule has 1 aromatic rings. The van der Waals surface area contributed by atoms with Gasteiger partial charge in [-0.25, -0.2) is 4.79 Å². The summed E-state index contributed by atoms with van der Waals surface area (Å²) in [5.41, 5.74) is 0.415. The average molecular weight is 321 g/mol. The van der Waals surface area contributed by atoms with Gasteiger partial charge in [-0.2, -0.15) is 0 Å². The number of amides is 1. The van der Waals surface area contributed by atoms with Crippen LogP contribution in [0.5, 0.6) is 5.75 Å². The van der Waals surface area contributed by atoms with E-state index in [9.17, 15) is 9.90 Å². The highest BCUT2D eigenvalue weighted by atomic mass is 16.6. The van der Waals surface area contributed by atoms with Gasteiger partial charge in [0, 0.05) is 13.1 Å². The highest BCUT2D eigenvalue weighted by Gasteiger charge is 2.30. The summed E-state index contributed by atoms with van der Waals surface area (Å²) in [7, 11) is 1.62. The molecule has 1 amide bonds. The number of ether oxygens (including phenoxy) is 2. The molecule has 1 aromatic carbocycles. The predicted molar refractivity (Wildman–Crippen MR) is 88.5 cm³/mol. The number of methoxy groups -OCH3 is 1. The lowest BCUT2D eigenvalue weighted by molar-refractivity contribution is 0.00766. The molecule has 1 N–H and O–H groups in total. The highest BCUT2D eigenvalue weighted by Crippen LogP contribution is 2.31. The summed E-state index contributed by atoms with van der Waals surface area (Å²) < 4.78 is 10.5. The zero-order valence-corrected chi connectivity index (χ0v) is 14.4. The van der Waals surface area contributed by atoms with Gasteiger partial charge in [0.25, 0.3) is 0 Å². The fraction of sp³-hybridized carbons (Fsp3) is 0.611. The fourth-order valence-corrected chi connectivity index (χ4v) is 2.80. The van der Waals surface area contributed by atoms with Gasteiger partial charge in [-0.15, -0.1) is 0 Å². The lowest BCUT2D eigenvalue weighted by Crippen LogP contribution is -2.42. The van der Waals surface area contributed by atoms with E-state index in [1.807, 2.05) is 45.0 Å². The van der Waals surface area contributed by atoms with Crippen LogP contribution in [0.3, 0.4) is 0 Å². The number of benzene rings is 1. The SMILES string of the molecule is COc1ccc([C@@H](O)C2CCN(C(=O)OC(C)(C)C)CC2)cc1. The lowest BCUT2D eigenvalue weighted by Gasteiger charge is -2.35. The third kappa shape index (κ3) is 4.86. The van der Waals surface area contributed by atoms with Crippen molar-refractivity contribution in [2.45, 2.75) is 45.3 Å². The number of carbonyl (C=O) groups is 1. The molecule has 1 aliphatic rings. The fourth-order valence-electron chi connectivity index (χ4n) is 2.80. The summed E-state index contributed by atoms with van der Waals surface area (Å²) in [4.78, 5) is 13.8. The molecule has 0 saturated carbocycles. The Balaban J connectivity index is 1.89. The maximum atomic E-state index is 12.1. The average Bonchev–Trinajstić information content (AvgIpc) is 2.53. The summed E-state index contributed by atoms with van der Waals surface area (Å²) in [6.07, 6.45) is 0.760. The van der Waals surface area contributed by atoms with Crippen LogP contribution in [0.15, 0.2) is 24.3 Å². The number of carbonyl (C=O) groups excluding carboxylic acids is 1. The Kier molecular flexibility index (Phi) is 5.52. The monoisotopic (exact) mass is 321 g/mol. The first-order chi connectivity index (χ1) is 10.8. The molecule has 2 rings (SSSR count). The van der Waals surface area contributed by atoms with Gasteiger partial charge < -0.3 is 19.5 Å². The Labute approximate surface area is 138 Å². The smallest absolute Gasteiger partial charge is 0.410 e. The van der Waals surface area contributed by atoms with Crippen molar-refractivity contribution in [1.82, 2.24) is 4.90 Å². The molecule has 0 bridgehead atoms. The number of aliphatic hydroxyl groups excluding tert-OH is 1. The Morgan fingerprint density at radius 2 is 1.78 bits per heavy atom. The maximum Gasteiger partial charge on any atom is 0.410 e. The largest absolute Gasteiger partial charge is 0.497 e. The van der Waals surface area contributed by atoms with Gasteiger partial charge in [-0.1, -0.05) is 12.1 Å². The van der Waals surface area contributed by atoms with Crippen LogP contribution < -0.4 is 4.74 Å². The second-order valence-corrected chi connectivity index (χ2v) is 7.02. The van der Waals surface area contributed by atoms with Gasteiger partial charge in [0.1, 0.15) is 11.4 Å². The Bertz CT molecular complexity index is 513. The van der Waals surface area contributed by atoms with E-state index in [1.165, 1.54) is 0 Å². The van der Waals surface area contributed by atoms with Crippen molar-refractivity contribution in [3.05, 3.63) is 29.8 Å². The van der Waals surface area contributed by atoms with E-state index in [0.717, 1.165) is 24.2 Å². The number of piperidine rings is 1. The van der Waals surface area contributed by atoms with Gasteiger partial charge in [0.15, 0.2) is 0 Å². The molecule has 1 aliphatic heterocycles. The molecule has 5 nitrogen and oxygen atoms in total. The highest BCUT2D eigenvalue weighted by molar-refractivity contribution is 5.68. The molecule has 0 spiro atoms. The van der Waals surface area contributed by atoms with Gasteiger partial charge in [0.05, 0.1) is 13.2 Å². The van der Waals surface area contributed by atoms with E-state index in [-0.39, 0.29) is 12.0 Å². The molecule has 0 radical (unpaired) electrons. The molecule has 0 aromatic heterocycles. The van der Waals surface area contributed by atoms with Crippen LogP contribution in [0, 0.1) is 5.92 Å². The molecule has 1 fully saturated rings. The van der Waals surface area contributed by atoms with Crippen molar-refractivity contribution in [2.24, 2.45) is 5.92 Å². The number of nitrogens with zero attached hydrogens (tertiary/aromatic N) is 1. The van der Waals surface area contributed by atoms with E-state index in [1.54, 1.807) is 12.0 Å². The summed E-state index contributed by atoms with van der Waals surface area (Å²) in [6.45, 7) is 6.83. The zero-order valence-electron chi connectivity index (χ0n) is 14.4. The van der Waals surface area contributed by atoms with E-state index in [0.29, 0.717) is 13.1 Å².